The number of hydrogen-bond donors (Lipinski definition) is 0. The van der Waals surface area contributed by atoms with Crippen molar-refractivity contribution >= 4 is 29.4 Å². The van der Waals surface area contributed by atoms with Gasteiger partial charge < -0.3 is 9.47 Å². The maximum absolute atomic E-state index is 12.2. The molecule has 1 saturated heterocycles. The molecule has 6 nitrogen and oxygen atoms in total. The quantitative estimate of drug-likeness (QED) is 0.449. The van der Waals surface area contributed by atoms with Crippen LogP contribution in [-0.2, 0) is 23.9 Å². The molecule has 7 heteroatoms. The molecular weight excluding hydrogens is 378 g/mol. The molecule has 0 aliphatic carbocycles. The molecule has 1 heterocycles. The molecule has 0 aromatic heterocycles. The third-order valence-electron chi connectivity index (χ3n) is 4.57. The Hall–Kier alpha value is -0.920. The first-order valence-corrected chi connectivity index (χ1v) is 11.4. The van der Waals surface area contributed by atoms with Crippen LogP contribution < -0.4 is 0 Å². The maximum atomic E-state index is 12.2. The number of rotatable bonds is 12. The van der Waals surface area contributed by atoms with Crippen molar-refractivity contribution in [2.24, 2.45) is 0 Å². The Morgan fingerprint density at radius 1 is 1.07 bits per heavy atom. The molecular formula is C21H39NO5S. The van der Waals surface area contributed by atoms with Crippen molar-refractivity contribution in [3.63, 3.8) is 0 Å². The molecule has 0 spiro atoms. The van der Waals surface area contributed by atoms with Crippen LogP contribution in [0.5, 0.6) is 0 Å². The molecule has 0 N–H and O–H groups in total. The van der Waals surface area contributed by atoms with Gasteiger partial charge in [0.15, 0.2) is 0 Å². The summed E-state index contributed by atoms with van der Waals surface area (Å²) < 4.78 is 11.7. The minimum absolute atomic E-state index is 0.0849. The Morgan fingerprint density at radius 3 is 2.11 bits per heavy atom. The molecule has 164 valence electrons. The summed E-state index contributed by atoms with van der Waals surface area (Å²) in [6.07, 6.45) is 3.87. The summed E-state index contributed by atoms with van der Waals surface area (Å²) in [5, 5.41) is -0.237. The van der Waals surface area contributed by atoms with Gasteiger partial charge in [-0.05, 0) is 53.7 Å². The molecule has 1 atom stereocenters. The maximum Gasteiger partial charge on any atom is 0.242 e. The molecule has 1 unspecified atom stereocenters. The van der Waals surface area contributed by atoms with E-state index in [-0.39, 0.29) is 28.4 Å². The second-order valence-corrected chi connectivity index (χ2v) is 9.02. The van der Waals surface area contributed by atoms with Crippen LogP contribution in [0, 0.1) is 0 Å². The molecule has 1 rings (SSSR count). The summed E-state index contributed by atoms with van der Waals surface area (Å²) in [5.41, 5.74) is -0.800. The number of carbonyl (C=O) groups excluding carboxylic acids is 3. The van der Waals surface area contributed by atoms with Gasteiger partial charge in [-0.2, -0.15) is 11.8 Å². The van der Waals surface area contributed by atoms with E-state index >= 15 is 0 Å². The standard InChI is InChI=1S/C19H33NO5S.C2H6/c1-14(21)7-11-24-19(4,5)9-12-25-18(2,3)8-10-20-16(22)13-15(26-6)17(20)23;1-2/h15H,7-13H2,1-6H3;1-2H3. The van der Waals surface area contributed by atoms with Gasteiger partial charge in [-0.15, -0.1) is 0 Å². The number of amides is 2. The number of Topliss-reactive ketones (excluding diaryl/α,β-unsaturated/α-hetero) is 1. The van der Waals surface area contributed by atoms with Gasteiger partial charge in [0.1, 0.15) is 5.78 Å². The van der Waals surface area contributed by atoms with Crippen molar-refractivity contribution in [2.75, 3.05) is 26.0 Å². The normalized spacial score (nSPS) is 17.6. The fourth-order valence-corrected chi connectivity index (χ4v) is 3.28. The fraction of sp³-hybridized carbons (Fsp3) is 0.857. The van der Waals surface area contributed by atoms with E-state index in [9.17, 15) is 14.4 Å². The lowest BCUT2D eigenvalue weighted by Crippen LogP contribution is -2.38. The summed E-state index contributed by atoms with van der Waals surface area (Å²) in [6.45, 7) is 14.8. The minimum atomic E-state index is -0.437. The van der Waals surface area contributed by atoms with Gasteiger partial charge in [-0.3, -0.25) is 19.3 Å². The van der Waals surface area contributed by atoms with Crippen molar-refractivity contribution in [1.82, 2.24) is 4.90 Å². The molecule has 0 saturated carbocycles. The smallest absolute Gasteiger partial charge is 0.242 e. The largest absolute Gasteiger partial charge is 0.375 e. The monoisotopic (exact) mass is 417 g/mol. The van der Waals surface area contributed by atoms with E-state index in [0.29, 0.717) is 45.4 Å². The fourth-order valence-electron chi connectivity index (χ4n) is 2.64. The molecule has 0 radical (unpaired) electrons. The number of nitrogens with zero attached hydrogens (tertiary/aromatic N) is 1. The lowest BCUT2D eigenvalue weighted by atomic mass is 10.0. The van der Waals surface area contributed by atoms with Crippen LogP contribution in [0.4, 0.5) is 0 Å². The van der Waals surface area contributed by atoms with E-state index in [1.807, 2.05) is 47.8 Å². The highest BCUT2D eigenvalue weighted by Gasteiger charge is 2.38. The first-order valence-electron chi connectivity index (χ1n) is 10.1. The highest BCUT2D eigenvalue weighted by molar-refractivity contribution is 8.00. The highest BCUT2D eigenvalue weighted by atomic mass is 32.2. The van der Waals surface area contributed by atoms with Gasteiger partial charge >= 0.3 is 0 Å². The molecule has 1 fully saturated rings. The zero-order chi connectivity index (χ0) is 22.0. The SMILES string of the molecule is CC.CSC1CC(=O)N(CCC(C)(C)OCCC(C)(C)OCCC(C)=O)C1=O. The van der Waals surface area contributed by atoms with Crippen LogP contribution in [0.2, 0.25) is 0 Å². The molecule has 0 aromatic rings. The summed E-state index contributed by atoms with van der Waals surface area (Å²) in [6, 6.07) is 0. The molecule has 2 amide bonds. The predicted octanol–water partition coefficient (Wildman–Crippen LogP) is 3.85. The zero-order valence-electron chi connectivity index (χ0n) is 18.9. The Kier molecular flexibility index (Phi) is 12.2. The van der Waals surface area contributed by atoms with Gasteiger partial charge in [-0.25, -0.2) is 0 Å². The van der Waals surface area contributed by atoms with Crippen molar-refractivity contribution in [3.05, 3.63) is 0 Å². The average molecular weight is 418 g/mol. The Balaban J connectivity index is 0.00000352. The van der Waals surface area contributed by atoms with Gasteiger partial charge in [-0.1, -0.05) is 13.8 Å². The van der Waals surface area contributed by atoms with E-state index in [0.717, 1.165) is 0 Å². The minimum Gasteiger partial charge on any atom is -0.375 e. The van der Waals surface area contributed by atoms with Gasteiger partial charge in [0, 0.05) is 19.4 Å². The van der Waals surface area contributed by atoms with E-state index in [4.69, 9.17) is 9.47 Å². The second kappa shape index (κ2) is 12.6. The lowest BCUT2D eigenvalue weighted by Gasteiger charge is -2.30. The number of imide groups is 1. The molecule has 0 aromatic carbocycles. The van der Waals surface area contributed by atoms with Crippen molar-refractivity contribution < 1.29 is 23.9 Å². The van der Waals surface area contributed by atoms with Gasteiger partial charge in [0.05, 0.1) is 29.7 Å². The Labute approximate surface area is 175 Å². The van der Waals surface area contributed by atoms with Crippen molar-refractivity contribution in [2.45, 2.75) is 90.6 Å². The average Bonchev–Trinajstić information content (AvgIpc) is 2.87. The number of likely N-dealkylation sites (tertiary alicyclic amines) is 1. The highest BCUT2D eigenvalue weighted by Crippen LogP contribution is 2.25. The van der Waals surface area contributed by atoms with Crippen LogP contribution in [0.1, 0.15) is 74.1 Å². The van der Waals surface area contributed by atoms with Crippen LogP contribution in [0.3, 0.4) is 0 Å². The van der Waals surface area contributed by atoms with Crippen LogP contribution in [0.15, 0.2) is 0 Å². The summed E-state index contributed by atoms with van der Waals surface area (Å²) in [5.74, 6) is -0.0589. The molecule has 1 aliphatic heterocycles. The number of thioether (sulfide) groups is 1. The first-order chi connectivity index (χ1) is 13.0. The van der Waals surface area contributed by atoms with Crippen molar-refractivity contribution in [1.29, 1.82) is 0 Å². The number of ketones is 1. The Bertz CT molecular complexity index is 519. The van der Waals surface area contributed by atoms with Crippen LogP contribution >= 0.6 is 11.8 Å². The third-order valence-corrected chi connectivity index (χ3v) is 5.51. The Morgan fingerprint density at radius 2 is 1.61 bits per heavy atom. The molecule has 1 aliphatic rings. The summed E-state index contributed by atoms with van der Waals surface area (Å²) >= 11 is 1.43. The van der Waals surface area contributed by atoms with E-state index < -0.39 is 5.60 Å². The summed E-state index contributed by atoms with van der Waals surface area (Å²) in [7, 11) is 0. The third kappa shape index (κ3) is 10.0. The second-order valence-electron chi connectivity index (χ2n) is 7.98. The zero-order valence-corrected chi connectivity index (χ0v) is 19.7. The molecule has 28 heavy (non-hydrogen) atoms. The van der Waals surface area contributed by atoms with Crippen LogP contribution in [-0.4, -0.2) is 65.0 Å². The number of hydrogen-bond acceptors (Lipinski definition) is 6. The summed E-state index contributed by atoms with van der Waals surface area (Å²) in [4.78, 5) is 36.5. The molecule has 0 bridgehead atoms. The number of ether oxygens (including phenoxy) is 2. The van der Waals surface area contributed by atoms with Crippen LogP contribution in [0.25, 0.3) is 0 Å². The number of carbonyl (C=O) groups is 3. The topological polar surface area (TPSA) is 72.9 Å². The van der Waals surface area contributed by atoms with Gasteiger partial charge in [0.25, 0.3) is 0 Å². The predicted molar refractivity (Wildman–Crippen MR) is 115 cm³/mol. The van der Waals surface area contributed by atoms with E-state index in [1.54, 1.807) is 6.92 Å². The van der Waals surface area contributed by atoms with Gasteiger partial charge in [0.2, 0.25) is 11.8 Å². The van der Waals surface area contributed by atoms with E-state index in [1.165, 1.54) is 16.7 Å². The van der Waals surface area contributed by atoms with Crippen molar-refractivity contribution in [3.8, 4) is 0 Å². The lowest BCUT2D eigenvalue weighted by molar-refractivity contribution is -0.139. The first kappa shape index (κ1) is 27.1. The van der Waals surface area contributed by atoms with E-state index in [2.05, 4.69) is 0 Å².